The van der Waals surface area contributed by atoms with Gasteiger partial charge in [0.05, 0.1) is 10.8 Å². The Labute approximate surface area is 124 Å². The summed E-state index contributed by atoms with van der Waals surface area (Å²) in [6, 6.07) is 5.43. The second kappa shape index (κ2) is 5.42. The molecule has 0 saturated heterocycles. The normalized spacial score (nSPS) is 14.5. The molecule has 1 unspecified atom stereocenters. The first-order chi connectivity index (χ1) is 9.66. The highest BCUT2D eigenvalue weighted by molar-refractivity contribution is 7.92. The zero-order valence-electron chi connectivity index (χ0n) is 12.6. The number of rotatable bonds is 5. The Bertz CT molecular complexity index is 749. The minimum Gasteiger partial charge on any atom is -0.459 e. The molecule has 0 saturated carbocycles. The summed E-state index contributed by atoms with van der Waals surface area (Å²) in [6.07, 6.45) is 1.21. The Balaban J connectivity index is 2.55. The lowest BCUT2D eigenvalue weighted by molar-refractivity contribution is 0.367. The molecule has 4 nitrogen and oxygen atoms in total. The molecule has 21 heavy (non-hydrogen) atoms. The molecule has 116 valence electrons. The van der Waals surface area contributed by atoms with Crippen molar-refractivity contribution in [2.75, 3.05) is 12.8 Å². The van der Waals surface area contributed by atoms with Crippen LogP contribution in [0.15, 0.2) is 28.7 Å². The van der Waals surface area contributed by atoms with E-state index in [4.69, 9.17) is 4.42 Å². The first-order valence-corrected chi connectivity index (χ1v) is 8.68. The standard InChI is InChI=1S/C15H20FNO3S/c1-5-17-14(15(2,3)21(4,18)19)13-9-10-8-11(16)6-7-12(10)20-13/h6-9,14,17H,5H2,1-4H3. The topological polar surface area (TPSA) is 59.3 Å². The Morgan fingerprint density at radius 1 is 1.33 bits per heavy atom. The molecule has 0 radical (unpaired) electrons. The average molecular weight is 313 g/mol. The number of sulfone groups is 1. The van der Waals surface area contributed by atoms with Crippen LogP contribution >= 0.6 is 0 Å². The quantitative estimate of drug-likeness (QED) is 0.921. The van der Waals surface area contributed by atoms with Gasteiger partial charge in [0.15, 0.2) is 9.84 Å². The van der Waals surface area contributed by atoms with Crippen LogP contribution in [0.5, 0.6) is 0 Å². The monoisotopic (exact) mass is 313 g/mol. The largest absolute Gasteiger partial charge is 0.459 e. The second-order valence-electron chi connectivity index (χ2n) is 5.70. The Hall–Kier alpha value is -1.40. The van der Waals surface area contributed by atoms with Crippen molar-refractivity contribution in [1.82, 2.24) is 5.32 Å². The molecule has 0 aliphatic heterocycles. The molecular weight excluding hydrogens is 293 g/mol. The zero-order chi connectivity index (χ0) is 15.8. The van der Waals surface area contributed by atoms with Crippen molar-refractivity contribution in [3.8, 4) is 0 Å². The fraction of sp³-hybridized carbons (Fsp3) is 0.467. The number of furan rings is 1. The molecule has 6 heteroatoms. The highest BCUT2D eigenvalue weighted by atomic mass is 32.2. The molecule has 1 N–H and O–H groups in total. The van der Waals surface area contributed by atoms with E-state index in [0.29, 0.717) is 23.3 Å². The number of fused-ring (bicyclic) bond motifs is 1. The van der Waals surface area contributed by atoms with Crippen LogP contribution in [-0.2, 0) is 9.84 Å². The molecule has 0 bridgehead atoms. The maximum atomic E-state index is 13.3. The molecule has 2 aromatic rings. The summed E-state index contributed by atoms with van der Waals surface area (Å²) in [5.74, 6) is 0.144. The van der Waals surface area contributed by atoms with Gasteiger partial charge in [-0.2, -0.15) is 0 Å². The summed E-state index contributed by atoms with van der Waals surface area (Å²) in [6.45, 7) is 5.80. The van der Waals surface area contributed by atoms with Gasteiger partial charge in [0.2, 0.25) is 0 Å². The predicted molar refractivity (Wildman–Crippen MR) is 81.5 cm³/mol. The molecule has 1 atom stereocenters. The van der Waals surface area contributed by atoms with Gasteiger partial charge in [-0.15, -0.1) is 0 Å². The molecule has 0 fully saturated rings. The molecule has 2 rings (SSSR count). The molecule has 1 heterocycles. The van der Waals surface area contributed by atoms with E-state index in [1.54, 1.807) is 26.0 Å². The first-order valence-electron chi connectivity index (χ1n) is 6.79. The summed E-state index contributed by atoms with van der Waals surface area (Å²) in [5.41, 5.74) is 0.540. The average Bonchev–Trinajstić information content (AvgIpc) is 2.76. The third kappa shape index (κ3) is 2.96. The van der Waals surface area contributed by atoms with E-state index in [-0.39, 0.29) is 5.82 Å². The van der Waals surface area contributed by atoms with E-state index < -0.39 is 20.6 Å². The van der Waals surface area contributed by atoms with Crippen LogP contribution in [0.4, 0.5) is 4.39 Å². The molecular formula is C15H20FNO3S. The summed E-state index contributed by atoms with van der Waals surface area (Å²) in [5, 5.41) is 3.78. The maximum Gasteiger partial charge on any atom is 0.154 e. The van der Waals surface area contributed by atoms with Crippen LogP contribution in [0.1, 0.15) is 32.6 Å². The van der Waals surface area contributed by atoms with Gasteiger partial charge in [0.1, 0.15) is 17.2 Å². The van der Waals surface area contributed by atoms with Crippen LogP contribution in [0.2, 0.25) is 0 Å². The van der Waals surface area contributed by atoms with E-state index in [1.807, 2.05) is 6.92 Å². The molecule has 1 aromatic carbocycles. The van der Waals surface area contributed by atoms with Crippen molar-refractivity contribution >= 4 is 20.8 Å². The highest BCUT2D eigenvalue weighted by Crippen LogP contribution is 2.35. The summed E-state index contributed by atoms with van der Waals surface area (Å²) >= 11 is 0. The summed E-state index contributed by atoms with van der Waals surface area (Å²) in [4.78, 5) is 0. The van der Waals surface area contributed by atoms with E-state index in [9.17, 15) is 12.8 Å². The van der Waals surface area contributed by atoms with Crippen LogP contribution < -0.4 is 5.32 Å². The van der Waals surface area contributed by atoms with Crippen LogP contribution in [0.3, 0.4) is 0 Å². The van der Waals surface area contributed by atoms with Crippen molar-refractivity contribution in [3.63, 3.8) is 0 Å². The number of hydrogen-bond acceptors (Lipinski definition) is 4. The van der Waals surface area contributed by atoms with Gasteiger partial charge in [-0.25, -0.2) is 12.8 Å². The van der Waals surface area contributed by atoms with Gasteiger partial charge in [-0.05, 0) is 44.7 Å². The van der Waals surface area contributed by atoms with Crippen LogP contribution in [-0.4, -0.2) is 26.0 Å². The van der Waals surface area contributed by atoms with Crippen molar-refractivity contribution in [1.29, 1.82) is 0 Å². The minimum absolute atomic E-state index is 0.350. The van der Waals surface area contributed by atoms with E-state index in [0.717, 1.165) is 0 Å². The third-order valence-corrected chi connectivity index (χ3v) is 5.99. The maximum absolute atomic E-state index is 13.3. The zero-order valence-corrected chi connectivity index (χ0v) is 13.4. The Morgan fingerprint density at radius 3 is 2.57 bits per heavy atom. The number of nitrogens with one attached hydrogen (secondary N) is 1. The Kier molecular flexibility index (Phi) is 4.13. The minimum atomic E-state index is -3.31. The lowest BCUT2D eigenvalue weighted by atomic mass is 10.0. The van der Waals surface area contributed by atoms with Gasteiger partial charge in [0, 0.05) is 11.6 Å². The second-order valence-corrected chi connectivity index (χ2v) is 8.29. The molecule has 0 aliphatic rings. The third-order valence-electron chi connectivity index (χ3n) is 3.84. The molecule has 0 spiro atoms. The Morgan fingerprint density at radius 2 is 2.00 bits per heavy atom. The fourth-order valence-corrected chi connectivity index (χ4v) is 2.91. The van der Waals surface area contributed by atoms with E-state index >= 15 is 0 Å². The number of halogens is 1. The van der Waals surface area contributed by atoms with E-state index in [2.05, 4.69) is 5.32 Å². The summed E-state index contributed by atoms with van der Waals surface area (Å²) in [7, 11) is -3.31. The molecule has 0 aliphatic carbocycles. The van der Waals surface area contributed by atoms with Gasteiger partial charge in [0.25, 0.3) is 0 Å². The van der Waals surface area contributed by atoms with Gasteiger partial charge in [-0.1, -0.05) is 6.92 Å². The van der Waals surface area contributed by atoms with Gasteiger partial charge < -0.3 is 9.73 Å². The SMILES string of the molecule is CCNC(c1cc2cc(F)ccc2o1)C(C)(C)S(C)(=O)=O. The molecule has 1 aromatic heterocycles. The van der Waals surface area contributed by atoms with Crippen molar-refractivity contribution in [3.05, 3.63) is 35.8 Å². The molecule has 0 amide bonds. The smallest absolute Gasteiger partial charge is 0.154 e. The van der Waals surface area contributed by atoms with Crippen molar-refractivity contribution in [2.45, 2.75) is 31.6 Å². The van der Waals surface area contributed by atoms with Crippen LogP contribution in [0.25, 0.3) is 11.0 Å². The lowest BCUT2D eigenvalue weighted by Gasteiger charge is -2.31. The number of hydrogen-bond donors (Lipinski definition) is 1. The van der Waals surface area contributed by atoms with E-state index in [1.165, 1.54) is 18.4 Å². The van der Waals surface area contributed by atoms with Crippen LogP contribution in [0, 0.1) is 5.82 Å². The summed E-state index contributed by atoms with van der Waals surface area (Å²) < 4.78 is 42.1. The first kappa shape index (κ1) is 16.0. The lowest BCUT2D eigenvalue weighted by Crippen LogP contribution is -2.44. The predicted octanol–water partition coefficient (Wildman–Crippen LogP) is 3.05. The van der Waals surface area contributed by atoms with Gasteiger partial charge >= 0.3 is 0 Å². The highest BCUT2D eigenvalue weighted by Gasteiger charge is 2.41. The fourth-order valence-electron chi connectivity index (χ4n) is 2.28. The van der Waals surface area contributed by atoms with Crippen molar-refractivity contribution < 1.29 is 17.2 Å². The van der Waals surface area contributed by atoms with Crippen molar-refractivity contribution in [2.24, 2.45) is 0 Å². The van der Waals surface area contributed by atoms with Gasteiger partial charge in [-0.3, -0.25) is 0 Å². The number of benzene rings is 1.